The average molecular weight is 543 g/mol. The third-order valence-corrected chi connectivity index (χ3v) is 6.28. The van der Waals surface area contributed by atoms with Crippen LogP contribution in [0.15, 0.2) is 0 Å². The highest BCUT2D eigenvalue weighted by atomic mass is 16.6. The van der Waals surface area contributed by atoms with Gasteiger partial charge in [0.05, 0.1) is 32.7 Å². The van der Waals surface area contributed by atoms with Gasteiger partial charge in [0.2, 0.25) is 5.60 Å². The Hall–Kier alpha value is -2.12. The van der Waals surface area contributed by atoms with Crippen LogP contribution in [0.4, 0.5) is 0 Å². The molecule has 0 aliphatic carbocycles. The molecule has 38 heavy (non-hydrogen) atoms. The second-order valence-corrected chi connectivity index (χ2v) is 10.0. The predicted molar refractivity (Wildman–Crippen MR) is 148 cm³/mol. The lowest BCUT2D eigenvalue weighted by molar-refractivity contribution is -0.191. The molecule has 0 N–H and O–H groups in total. The molecule has 0 spiro atoms. The lowest BCUT2D eigenvalue weighted by atomic mass is 9.94. The molecule has 0 rings (SSSR count). The zero-order valence-corrected chi connectivity index (χ0v) is 24.6. The number of rotatable bonds is 25. The van der Waals surface area contributed by atoms with Crippen molar-refractivity contribution in [2.75, 3.05) is 19.8 Å². The van der Waals surface area contributed by atoms with Crippen LogP contribution in [-0.2, 0) is 38.1 Å². The standard InChI is InChI=1S/C30H54O8/c1-5-9-13-14-15-16-17-18-19-20-26(31)38-30(29(34)37-23-12-8-4,24-27(32)35-21-10-6-2)25-28(33)36-22-11-7-3/h5-25H2,1-4H3. The van der Waals surface area contributed by atoms with Gasteiger partial charge < -0.3 is 18.9 Å². The molecule has 0 radical (unpaired) electrons. The number of carbonyl (C=O) groups excluding carboxylic acids is 4. The summed E-state index contributed by atoms with van der Waals surface area (Å²) in [5.41, 5.74) is -2.10. The number of esters is 4. The molecule has 8 nitrogen and oxygen atoms in total. The van der Waals surface area contributed by atoms with E-state index in [2.05, 4.69) is 6.92 Å². The first-order valence-electron chi connectivity index (χ1n) is 15.0. The topological polar surface area (TPSA) is 105 Å². The molecule has 0 aromatic carbocycles. The Bertz CT molecular complexity index is 622. The first kappa shape index (κ1) is 35.9. The maximum absolute atomic E-state index is 13.2. The largest absolute Gasteiger partial charge is 0.466 e. The van der Waals surface area contributed by atoms with Crippen molar-refractivity contribution in [1.82, 2.24) is 0 Å². The Labute approximate surface area is 230 Å². The smallest absolute Gasteiger partial charge is 0.351 e. The molecule has 0 aromatic rings. The normalized spacial score (nSPS) is 11.2. The lowest BCUT2D eigenvalue weighted by Crippen LogP contribution is -2.48. The van der Waals surface area contributed by atoms with Crippen LogP contribution in [0.2, 0.25) is 0 Å². The summed E-state index contributed by atoms with van der Waals surface area (Å²) in [7, 11) is 0. The van der Waals surface area contributed by atoms with E-state index in [9.17, 15) is 19.2 Å². The first-order chi connectivity index (χ1) is 18.3. The van der Waals surface area contributed by atoms with Crippen molar-refractivity contribution in [2.24, 2.45) is 0 Å². The van der Waals surface area contributed by atoms with E-state index in [4.69, 9.17) is 18.9 Å². The summed E-state index contributed by atoms with van der Waals surface area (Å²) in [4.78, 5) is 51.4. The molecule has 0 bridgehead atoms. The Morgan fingerprint density at radius 3 is 1.32 bits per heavy atom. The monoisotopic (exact) mass is 542 g/mol. The van der Waals surface area contributed by atoms with Crippen molar-refractivity contribution in [3.63, 3.8) is 0 Å². The minimum atomic E-state index is -2.10. The highest BCUT2D eigenvalue weighted by molar-refractivity contribution is 5.92. The van der Waals surface area contributed by atoms with E-state index >= 15 is 0 Å². The predicted octanol–water partition coefficient (Wildman–Crippen LogP) is 7.00. The number of hydrogen-bond acceptors (Lipinski definition) is 8. The summed E-state index contributed by atoms with van der Waals surface area (Å²) < 4.78 is 21.5. The second kappa shape index (κ2) is 24.0. The SMILES string of the molecule is CCCCCCCCCCCC(=O)OC(CC(=O)OCCCC)(CC(=O)OCCCC)C(=O)OCCCC. The summed E-state index contributed by atoms with van der Waals surface area (Å²) in [6.45, 7) is 8.54. The van der Waals surface area contributed by atoms with Crippen LogP contribution < -0.4 is 0 Å². The zero-order valence-electron chi connectivity index (χ0n) is 24.6. The minimum absolute atomic E-state index is 0.0928. The van der Waals surface area contributed by atoms with Crippen LogP contribution in [0.5, 0.6) is 0 Å². The van der Waals surface area contributed by atoms with E-state index < -0.39 is 42.3 Å². The summed E-state index contributed by atoms with van der Waals surface area (Å²) in [6, 6.07) is 0. The van der Waals surface area contributed by atoms with Crippen molar-refractivity contribution in [3.05, 3.63) is 0 Å². The van der Waals surface area contributed by atoms with Gasteiger partial charge in [0.25, 0.3) is 0 Å². The summed E-state index contributed by atoms with van der Waals surface area (Å²) in [5.74, 6) is -2.99. The van der Waals surface area contributed by atoms with Crippen molar-refractivity contribution in [1.29, 1.82) is 0 Å². The lowest BCUT2D eigenvalue weighted by Gasteiger charge is -2.30. The molecule has 0 aromatic heterocycles. The van der Waals surface area contributed by atoms with Gasteiger partial charge in [-0.25, -0.2) is 4.79 Å². The van der Waals surface area contributed by atoms with Gasteiger partial charge in [-0.15, -0.1) is 0 Å². The van der Waals surface area contributed by atoms with Crippen LogP contribution in [0, 0.1) is 0 Å². The molecule has 8 heteroatoms. The van der Waals surface area contributed by atoms with Crippen LogP contribution >= 0.6 is 0 Å². The van der Waals surface area contributed by atoms with Crippen LogP contribution in [-0.4, -0.2) is 49.3 Å². The van der Waals surface area contributed by atoms with Crippen LogP contribution in [0.1, 0.15) is 143 Å². The average Bonchev–Trinajstić information content (AvgIpc) is 2.88. The number of carbonyl (C=O) groups is 4. The number of hydrogen-bond donors (Lipinski definition) is 0. The van der Waals surface area contributed by atoms with Gasteiger partial charge in [0, 0.05) is 6.42 Å². The Morgan fingerprint density at radius 2 is 0.868 bits per heavy atom. The van der Waals surface area contributed by atoms with Gasteiger partial charge in [-0.2, -0.15) is 0 Å². The summed E-state index contributed by atoms with van der Waals surface area (Å²) >= 11 is 0. The second-order valence-electron chi connectivity index (χ2n) is 10.0. The van der Waals surface area contributed by atoms with Gasteiger partial charge in [0.1, 0.15) is 0 Å². The molecule has 222 valence electrons. The molecular formula is C30H54O8. The van der Waals surface area contributed by atoms with Crippen LogP contribution in [0.3, 0.4) is 0 Å². The molecule has 0 unspecified atom stereocenters. The molecule has 0 heterocycles. The molecule has 0 aliphatic heterocycles. The van der Waals surface area contributed by atoms with Gasteiger partial charge in [0.15, 0.2) is 0 Å². The molecule has 0 fully saturated rings. The van der Waals surface area contributed by atoms with E-state index in [1.165, 1.54) is 32.1 Å². The summed E-state index contributed by atoms with van der Waals surface area (Å²) in [5, 5.41) is 0. The van der Waals surface area contributed by atoms with Crippen molar-refractivity contribution in [3.8, 4) is 0 Å². The van der Waals surface area contributed by atoms with E-state index in [0.29, 0.717) is 25.7 Å². The molecular weight excluding hydrogens is 488 g/mol. The quantitative estimate of drug-likeness (QED) is 0.0690. The minimum Gasteiger partial charge on any atom is -0.466 e. The number of unbranched alkanes of at least 4 members (excludes halogenated alkanes) is 11. The molecule has 0 saturated heterocycles. The van der Waals surface area contributed by atoms with E-state index in [0.717, 1.165) is 38.5 Å². The Balaban J connectivity index is 5.32. The summed E-state index contributed by atoms with van der Waals surface area (Å²) in [6.07, 6.45) is 13.1. The van der Waals surface area contributed by atoms with Crippen LogP contribution in [0.25, 0.3) is 0 Å². The fraction of sp³-hybridized carbons (Fsp3) is 0.867. The highest BCUT2D eigenvalue weighted by Crippen LogP contribution is 2.27. The van der Waals surface area contributed by atoms with E-state index in [1.54, 1.807) is 0 Å². The van der Waals surface area contributed by atoms with E-state index in [-0.39, 0.29) is 26.2 Å². The Morgan fingerprint density at radius 1 is 0.474 bits per heavy atom. The highest BCUT2D eigenvalue weighted by Gasteiger charge is 2.49. The Kier molecular flexibility index (Phi) is 22.6. The van der Waals surface area contributed by atoms with Crippen molar-refractivity contribution in [2.45, 2.75) is 149 Å². The van der Waals surface area contributed by atoms with Crippen molar-refractivity contribution >= 4 is 23.9 Å². The maximum atomic E-state index is 13.2. The number of ether oxygens (including phenoxy) is 4. The van der Waals surface area contributed by atoms with Crippen molar-refractivity contribution < 1.29 is 38.1 Å². The van der Waals surface area contributed by atoms with Gasteiger partial charge >= 0.3 is 23.9 Å². The fourth-order valence-electron chi connectivity index (χ4n) is 3.84. The molecule has 0 aliphatic rings. The molecule has 0 atom stereocenters. The van der Waals surface area contributed by atoms with Gasteiger partial charge in [-0.1, -0.05) is 98.3 Å². The first-order valence-corrected chi connectivity index (χ1v) is 15.0. The van der Waals surface area contributed by atoms with E-state index in [1.807, 2.05) is 20.8 Å². The third-order valence-electron chi connectivity index (χ3n) is 6.28. The van der Waals surface area contributed by atoms with Gasteiger partial charge in [-0.05, 0) is 25.7 Å². The molecule has 0 amide bonds. The zero-order chi connectivity index (χ0) is 28.5. The molecule has 0 saturated carbocycles. The fourth-order valence-corrected chi connectivity index (χ4v) is 3.84. The van der Waals surface area contributed by atoms with Gasteiger partial charge in [-0.3, -0.25) is 14.4 Å². The third kappa shape index (κ3) is 18.2. The maximum Gasteiger partial charge on any atom is 0.351 e.